The molecule has 15 heteroatoms. The fourth-order valence-electron chi connectivity index (χ4n) is 10.3. The maximum absolute atomic E-state index is 15.5. The third kappa shape index (κ3) is 10.0. The summed E-state index contributed by atoms with van der Waals surface area (Å²) in [5, 5.41) is 40.1. The van der Waals surface area contributed by atoms with Crippen LogP contribution in [-0.2, 0) is 42.9 Å². The normalized spacial score (nSPS) is 29.4. The Kier molecular flexibility index (Phi) is 19.0. The van der Waals surface area contributed by atoms with E-state index >= 15 is 4.79 Å². The molecule has 374 valence electrons. The number of aliphatic hydroxyl groups excluding tert-OH is 2. The number of fused-ring (bicyclic) bond motifs is 5. The van der Waals surface area contributed by atoms with Crippen LogP contribution < -0.4 is 5.32 Å². The molecule has 1 heterocycles. The Hall–Kier alpha value is -5.74. The lowest BCUT2D eigenvalue weighted by atomic mass is 9.52. The Labute approximate surface area is 401 Å². The van der Waals surface area contributed by atoms with Crippen LogP contribution in [0.2, 0.25) is 0 Å². The highest BCUT2D eigenvalue weighted by Crippen LogP contribution is 2.62. The Balaban J connectivity index is 0.00000317. The predicted molar refractivity (Wildman–Crippen MR) is 256 cm³/mol. The fourth-order valence-corrected chi connectivity index (χ4v) is 10.3. The smallest absolute Gasteiger partial charge is 0.338 e. The Morgan fingerprint density at radius 1 is 0.765 bits per heavy atom. The van der Waals surface area contributed by atoms with E-state index in [0.717, 1.165) is 6.92 Å². The second-order valence-corrected chi connectivity index (χ2v) is 17.7. The standard InChI is InChI=1S/C48H53NO14.5CH4/c1-26-32(61-44(57)39(53)38(29-16-10-7-11-17-29)49-42(55)30-18-12-8-13-19-30)24-48(58)36(62-43(56)31-20-14-9-15-21-31)22-33-46(6,34(52)23-35-47(33,25-59-35)63-28(3)51)41(54)40(60-27(2)50)37(26)45(48,4)5;;;;;/h7-21,32-36,38-40,52-53,58H,22-25H2,1-6H3,(H,49,55);5*1H4/t32?,33-,34-,35+,36-,38?,39+,40+,46-,47+,48+;;;;;/m0...../s1. The van der Waals surface area contributed by atoms with Crippen LogP contribution >= 0.6 is 0 Å². The molecule has 11 atom stereocenters. The Morgan fingerprint density at radius 2 is 1.31 bits per heavy atom. The van der Waals surface area contributed by atoms with Gasteiger partial charge in [-0.25, -0.2) is 9.59 Å². The minimum absolute atomic E-state index is 0. The molecule has 3 aromatic carbocycles. The molecule has 1 aliphatic heterocycles. The summed E-state index contributed by atoms with van der Waals surface area (Å²) in [7, 11) is 0. The zero-order valence-electron chi connectivity index (χ0n) is 35.9. The molecule has 2 unspecified atom stereocenters. The number of benzene rings is 3. The molecular formula is C53H73NO14. The van der Waals surface area contributed by atoms with Gasteiger partial charge in [-0.2, -0.15) is 0 Å². The van der Waals surface area contributed by atoms with Crippen molar-refractivity contribution in [3.8, 4) is 0 Å². The summed E-state index contributed by atoms with van der Waals surface area (Å²) in [5.41, 5.74) is -6.43. The van der Waals surface area contributed by atoms with Gasteiger partial charge in [0.1, 0.15) is 23.9 Å². The SMILES string of the molecule is C.C.C.C.C.CC(=O)O[C@H]1C(=O)[C@@]2(C)[C@H](C[C@H](OC(=O)c3ccccc3)[C@]3(O)CC(OC(=O)[C@H](O)C(NC(=O)c4ccccc4)c4ccccc4)C(C)=C1C3(C)C)[C@]1(OC(C)=O)CO[C@@H]1C[C@@H]2O. The van der Waals surface area contributed by atoms with E-state index in [4.69, 9.17) is 23.7 Å². The number of hydrogen-bond acceptors (Lipinski definition) is 14. The van der Waals surface area contributed by atoms with Gasteiger partial charge in [0, 0.05) is 43.6 Å². The molecule has 3 aliphatic carbocycles. The molecule has 4 N–H and O–H groups in total. The van der Waals surface area contributed by atoms with Gasteiger partial charge in [0.05, 0.1) is 29.7 Å². The molecule has 3 aromatic rings. The van der Waals surface area contributed by atoms with Gasteiger partial charge in [0.25, 0.3) is 5.91 Å². The Morgan fingerprint density at radius 3 is 1.82 bits per heavy atom. The number of hydrogen-bond donors (Lipinski definition) is 4. The van der Waals surface area contributed by atoms with E-state index in [9.17, 15) is 39.3 Å². The summed E-state index contributed by atoms with van der Waals surface area (Å²) in [6.45, 7) is 8.27. The van der Waals surface area contributed by atoms with E-state index in [1.165, 1.54) is 32.9 Å². The first-order valence-corrected chi connectivity index (χ1v) is 21.0. The molecule has 1 saturated heterocycles. The van der Waals surface area contributed by atoms with E-state index in [1.54, 1.807) is 92.7 Å². The Bertz CT molecular complexity index is 2300. The van der Waals surface area contributed by atoms with Crippen LogP contribution in [0.4, 0.5) is 0 Å². The highest BCUT2D eigenvalue weighted by atomic mass is 16.6. The van der Waals surface area contributed by atoms with Crippen molar-refractivity contribution in [2.75, 3.05) is 6.61 Å². The highest BCUT2D eigenvalue weighted by molar-refractivity contribution is 5.96. The second kappa shape index (κ2) is 22.1. The topological polar surface area (TPSA) is 221 Å². The lowest BCUT2D eigenvalue weighted by Gasteiger charge is -2.62. The quantitative estimate of drug-likeness (QED) is 0.0890. The van der Waals surface area contributed by atoms with Gasteiger partial charge in [-0.1, -0.05) is 118 Å². The molecule has 0 spiro atoms. The van der Waals surface area contributed by atoms with Gasteiger partial charge in [-0.15, -0.1) is 0 Å². The molecule has 3 fully saturated rings. The summed E-state index contributed by atoms with van der Waals surface area (Å²) in [5.74, 6) is -6.27. The third-order valence-electron chi connectivity index (χ3n) is 13.8. The van der Waals surface area contributed by atoms with Crippen LogP contribution in [0.25, 0.3) is 0 Å². The third-order valence-corrected chi connectivity index (χ3v) is 13.8. The molecule has 2 bridgehead atoms. The van der Waals surface area contributed by atoms with E-state index in [0.29, 0.717) is 5.56 Å². The van der Waals surface area contributed by atoms with Crippen LogP contribution in [0, 0.1) is 16.7 Å². The average molecular weight is 948 g/mol. The number of ketones is 1. The van der Waals surface area contributed by atoms with Crippen LogP contribution in [0.5, 0.6) is 0 Å². The number of esters is 4. The summed E-state index contributed by atoms with van der Waals surface area (Å²) in [4.78, 5) is 83.3. The number of carbonyl (C=O) groups is 6. The monoisotopic (exact) mass is 948 g/mol. The van der Waals surface area contributed by atoms with Gasteiger partial charge in [-0.05, 0) is 61.2 Å². The number of Topliss-reactive ketones (excluding diaryl/α,β-unsaturated/α-hetero) is 1. The lowest BCUT2D eigenvalue weighted by molar-refractivity contribution is -0.323. The van der Waals surface area contributed by atoms with Crippen molar-refractivity contribution in [1.29, 1.82) is 0 Å². The number of aliphatic hydroxyl groups is 3. The molecule has 0 radical (unpaired) electrons. The largest absolute Gasteiger partial charge is 0.456 e. The van der Waals surface area contributed by atoms with Crippen LogP contribution in [0.1, 0.15) is 130 Å². The maximum Gasteiger partial charge on any atom is 0.338 e. The molecule has 7 rings (SSSR count). The van der Waals surface area contributed by atoms with Crippen LogP contribution in [0.3, 0.4) is 0 Å². The van der Waals surface area contributed by atoms with Gasteiger partial charge in [0.2, 0.25) is 0 Å². The summed E-state index contributed by atoms with van der Waals surface area (Å²) >= 11 is 0. The van der Waals surface area contributed by atoms with Crippen LogP contribution in [0.15, 0.2) is 102 Å². The average Bonchev–Trinajstić information content (AvgIpc) is 3.26. The van der Waals surface area contributed by atoms with Crippen molar-refractivity contribution >= 4 is 35.6 Å². The number of rotatable bonds is 10. The van der Waals surface area contributed by atoms with E-state index in [-0.39, 0.29) is 72.4 Å². The van der Waals surface area contributed by atoms with Crippen LogP contribution in [-0.4, -0.2) is 105 Å². The van der Waals surface area contributed by atoms with Gasteiger partial charge >= 0.3 is 23.9 Å². The molecule has 1 amide bonds. The van der Waals surface area contributed by atoms with Gasteiger partial charge < -0.3 is 44.3 Å². The number of nitrogens with one attached hydrogen (secondary N) is 1. The van der Waals surface area contributed by atoms with Crippen molar-refractivity contribution in [3.63, 3.8) is 0 Å². The van der Waals surface area contributed by atoms with Crippen molar-refractivity contribution in [2.24, 2.45) is 16.7 Å². The van der Waals surface area contributed by atoms with Crippen molar-refractivity contribution in [1.82, 2.24) is 5.32 Å². The number of amides is 1. The summed E-state index contributed by atoms with van der Waals surface area (Å²) in [6, 6.07) is 23.1. The molecule has 68 heavy (non-hydrogen) atoms. The van der Waals surface area contributed by atoms with Gasteiger partial charge in [-0.3, -0.25) is 19.2 Å². The minimum Gasteiger partial charge on any atom is -0.456 e. The zero-order chi connectivity index (χ0) is 45.6. The van der Waals surface area contributed by atoms with E-state index in [1.807, 2.05) is 0 Å². The number of ether oxygens (including phenoxy) is 5. The number of carbonyl (C=O) groups excluding carboxylic acids is 6. The van der Waals surface area contributed by atoms with E-state index in [2.05, 4.69) is 5.32 Å². The molecule has 15 nitrogen and oxygen atoms in total. The maximum atomic E-state index is 15.5. The van der Waals surface area contributed by atoms with Crippen molar-refractivity contribution in [2.45, 2.75) is 152 Å². The first-order chi connectivity index (χ1) is 29.8. The van der Waals surface area contributed by atoms with Gasteiger partial charge in [0.15, 0.2) is 23.6 Å². The molecule has 4 aliphatic rings. The van der Waals surface area contributed by atoms with Crippen molar-refractivity contribution < 1.29 is 67.8 Å². The predicted octanol–water partition coefficient (Wildman–Crippen LogP) is 7.31. The summed E-state index contributed by atoms with van der Waals surface area (Å²) < 4.78 is 30.2. The molecular weight excluding hydrogens is 875 g/mol. The highest BCUT2D eigenvalue weighted by Gasteiger charge is 2.74. The van der Waals surface area contributed by atoms with Crippen molar-refractivity contribution in [3.05, 3.63) is 119 Å². The first-order valence-electron chi connectivity index (χ1n) is 21.0. The fraction of sp³-hybridized carbons (Fsp3) is 0.509. The molecule has 0 aromatic heterocycles. The molecule has 2 saturated carbocycles. The lowest BCUT2D eigenvalue weighted by Crippen LogP contribution is -2.75. The summed E-state index contributed by atoms with van der Waals surface area (Å²) in [6.07, 6.45) is -10.3. The zero-order valence-corrected chi connectivity index (χ0v) is 35.9. The minimum atomic E-state index is -2.29. The second-order valence-electron chi connectivity index (χ2n) is 17.7. The van der Waals surface area contributed by atoms with E-state index < -0.39 is 119 Å². The first kappa shape index (κ1) is 58.4.